The van der Waals surface area contributed by atoms with Crippen LogP contribution in [0.1, 0.15) is 38.3 Å². The smallest absolute Gasteiger partial charge is 0.244 e. The predicted octanol–water partition coefficient (Wildman–Crippen LogP) is 3.09. The molecule has 0 aliphatic rings. The summed E-state index contributed by atoms with van der Waals surface area (Å²) in [5.41, 5.74) is 2.31. The molecular formula is C24H33N3O4S. The summed E-state index contributed by atoms with van der Waals surface area (Å²) in [7, 11) is -3.71. The van der Waals surface area contributed by atoms with Crippen molar-refractivity contribution in [2.24, 2.45) is 0 Å². The Bertz CT molecular complexity index is 1020. The van der Waals surface area contributed by atoms with Crippen LogP contribution in [0.4, 0.5) is 5.69 Å². The lowest BCUT2D eigenvalue weighted by Crippen LogP contribution is -2.53. The summed E-state index contributed by atoms with van der Waals surface area (Å²) in [6.07, 6.45) is 1.47. The average Bonchev–Trinajstić information content (AvgIpc) is 2.71. The fourth-order valence-corrected chi connectivity index (χ4v) is 4.36. The first-order chi connectivity index (χ1) is 15.0. The van der Waals surface area contributed by atoms with Crippen LogP contribution in [0, 0.1) is 6.92 Å². The highest BCUT2D eigenvalue weighted by atomic mass is 32.2. The van der Waals surface area contributed by atoms with E-state index in [0.29, 0.717) is 12.1 Å². The molecule has 7 nitrogen and oxygen atoms in total. The quantitative estimate of drug-likeness (QED) is 0.592. The van der Waals surface area contributed by atoms with Crippen molar-refractivity contribution in [3.05, 3.63) is 65.7 Å². The van der Waals surface area contributed by atoms with Gasteiger partial charge in [-0.05, 0) is 44.9 Å². The molecular weight excluding hydrogens is 426 g/mol. The van der Waals surface area contributed by atoms with Crippen LogP contribution in [-0.2, 0) is 26.2 Å². The second-order valence-corrected chi connectivity index (χ2v) is 10.1. The number of para-hydroxylation sites is 1. The molecule has 174 valence electrons. The maximum Gasteiger partial charge on any atom is 0.244 e. The van der Waals surface area contributed by atoms with Crippen molar-refractivity contribution in [3.63, 3.8) is 0 Å². The number of nitrogens with zero attached hydrogens (tertiary/aromatic N) is 2. The SMILES string of the molecule is CC[C@@H](C(=O)NC(C)C)N(Cc1cccc(C)c1)C(=O)CN(c1ccccc1)S(C)(=O)=O. The molecule has 2 aromatic rings. The van der Waals surface area contributed by atoms with Gasteiger partial charge < -0.3 is 10.2 Å². The first-order valence-electron chi connectivity index (χ1n) is 10.7. The molecule has 0 saturated carbocycles. The minimum Gasteiger partial charge on any atom is -0.352 e. The Hall–Kier alpha value is -2.87. The molecule has 0 aromatic heterocycles. The van der Waals surface area contributed by atoms with Crippen LogP contribution in [0.25, 0.3) is 0 Å². The molecule has 0 aliphatic heterocycles. The van der Waals surface area contributed by atoms with E-state index in [4.69, 9.17) is 0 Å². The molecule has 0 spiro atoms. The van der Waals surface area contributed by atoms with E-state index in [1.54, 1.807) is 30.3 Å². The third-order valence-electron chi connectivity index (χ3n) is 4.98. The maximum atomic E-state index is 13.5. The number of aryl methyl sites for hydroxylation is 1. The van der Waals surface area contributed by atoms with Gasteiger partial charge in [0, 0.05) is 12.6 Å². The minimum absolute atomic E-state index is 0.0793. The summed E-state index contributed by atoms with van der Waals surface area (Å²) >= 11 is 0. The fraction of sp³-hybridized carbons (Fsp3) is 0.417. The molecule has 0 bridgehead atoms. The number of hydrogen-bond acceptors (Lipinski definition) is 4. The van der Waals surface area contributed by atoms with Crippen LogP contribution in [0.15, 0.2) is 54.6 Å². The summed E-state index contributed by atoms with van der Waals surface area (Å²) in [6, 6.07) is 15.4. The zero-order chi connectivity index (χ0) is 23.9. The van der Waals surface area contributed by atoms with Crippen molar-refractivity contribution >= 4 is 27.5 Å². The van der Waals surface area contributed by atoms with Gasteiger partial charge in [-0.25, -0.2) is 8.42 Å². The number of rotatable bonds is 10. The molecule has 32 heavy (non-hydrogen) atoms. The lowest BCUT2D eigenvalue weighted by Gasteiger charge is -2.33. The molecule has 2 aromatic carbocycles. The lowest BCUT2D eigenvalue weighted by molar-refractivity contribution is -0.140. The topological polar surface area (TPSA) is 86.8 Å². The highest BCUT2D eigenvalue weighted by Crippen LogP contribution is 2.19. The van der Waals surface area contributed by atoms with E-state index < -0.39 is 22.0 Å². The lowest BCUT2D eigenvalue weighted by atomic mass is 10.1. The van der Waals surface area contributed by atoms with Crippen LogP contribution < -0.4 is 9.62 Å². The second-order valence-electron chi connectivity index (χ2n) is 8.20. The van der Waals surface area contributed by atoms with E-state index >= 15 is 0 Å². The number of amides is 2. The third kappa shape index (κ3) is 7.09. The molecule has 0 saturated heterocycles. The molecule has 0 heterocycles. The van der Waals surface area contributed by atoms with Crippen molar-refractivity contribution in [3.8, 4) is 0 Å². The Morgan fingerprint density at radius 3 is 2.22 bits per heavy atom. The van der Waals surface area contributed by atoms with Gasteiger partial charge in [-0.15, -0.1) is 0 Å². The number of anilines is 1. The first kappa shape index (κ1) is 25.4. The van der Waals surface area contributed by atoms with Crippen molar-refractivity contribution in [2.75, 3.05) is 17.1 Å². The van der Waals surface area contributed by atoms with Gasteiger partial charge in [-0.1, -0.05) is 55.0 Å². The molecule has 0 aliphatic carbocycles. The minimum atomic E-state index is -3.71. The van der Waals surface area contributed by atoms with E-state index in [9.17, 15) is 18.0 Å². The molecule has 8 heteroatoms. The van der Waals surface area contributed by atoms with Gasteiger partial charge in [0.15, 0.2) is 0 Å². The first-order valence-corrected chi connectivity index (χ1v) is 12.6. The van der Waals surface area contributed by atoms with Gasteiger partial charge >= 0.3 is 0 Å². The van der Waals surface area contributed by atoms with Crippen LogP contribution >= 0.6 is 0 Å². The maximum absolute atomic E-state index is 13.5. The second kappa shape index (κ2) is 11.1. The summed E-state index contributed by atoms with van der Waals surface area (Å²) in [4.78, 5) is 27.9. The molecule has 1 N–H and O–H groups in total. The third-order valence-corrected chi connectivity index (χ3v) is 6.12. The van der Waals surface area contributed by atoms with E-state index in [2.05, 4.69) is 5.32 Å². The van der Waals surface area contributed by atoms with Crippen LogP contribution in [0.5, 0.6) is 0 Å². The van der Waals surface area contributed by atoms with Gasteiger partial charge in [-0.2, -0.15) is 0 Å². The fourth-order valence-electron chi connectivity index (χ4n) is 3.52. The van der Waals surface area contributed by atoms with Gasteiger partial charge in [0.05, 0.1) is 11.9 Å². The molecule has 0 unspecified atom stereocenters. The number of benzene rings is 2. The van der Waals surface area contributed by atoms with Crippen molar-refractivity contribution in [1.82, 2.24) is 10.2 Å². The van der Waals surface area contributed by atoms with Gasteiger partial charge in [0.1, 0.15) is 12.6 Å². The monoisotopic (exact) mass is 459 g/mol. The molecule has 2 amide bonds. The Morgan fingerprint density at radius 1 is 1.03 bits per heavy atom. The van der Waals surface area contributed by atoms with E-state index in [-0.39, 0.29) is 25.0 Å². The zero-order valence-corrected chi connectivity index (χ0v) is 20.2. The summed E-state index contributed by atoms with van der Waals surface area (Å²) in [5, 5.41) is 2.88. The summed E-state index contributed by atoms with van der Waals surface area (Å²) < 4.78 is 26.1. The molecule has 0 fully saturated rings. The number of carbonyl (C=O) groups excluding carboxylic acids is 2. The molecule has 0 radical (unpaired) electrons. The van der Waals surface area contributed by atoms with Crippen LogP contribution in [0.3, 0.4) is 0 Å². The van der Waals surface area contributed by atoms with Crippen molar-refractivity contribution < 1.29 is 18.0 Å². The Kier molecular flexibility index (Phi) is 8.83. The zero-order valence-electron chi connectivity index (χ0n) is 19.4. The van der Waals surface area contributed by atoms with Crippen molar-refractivity contribution in [2.45, 2.75) is 52.7 Å². The van der Waals surface area contributed by atoms with Crippen LogP contribution in [0.2, 0.25) is 0 Å². The van der Waals surface area contributed by atoms with Crippen molar-refractivity contribution in [1.29, 1.82) is 0 Å². The average molecular weight is 460 g/mol. The number of sulfonamides is 1. The van der Waals surface area contributed by atoms with Gasteiger partial charge in [0.25, 0.3) is 0 Å². The van der Waals surface area contributed by atoms with E-state index in [1.165, 1.54) is 4.90 Å². The predicted molar refractivity (Wildman–Crippen MR) is 128 cm³/mol. The normalized spacial score (nSPS) is 12.3. The van der Waals surface area contributed by atoms with E-state index in [0.717, 1.165) is 21.7 Å². The Labute approximate surface area is 191 Å². The number of carbonyl (C=O) groups is 2. The Balaban J connectivity index is 2.42. The highest BCUT2D eigenvalue weighted by molar-refractivity contribution is 7.92. The Morgan fingerprint density at radius 2 is 1.69 bits per heavy atom. The summed E-state index contributed by atoms with van der Waals surface area (Å²) in [6.45, 7) is 7.33. The summed E-state index contributed by atoms with van der Waals surface area (Å²) in [5.74, 6) is -0.694. The number of nitrogens with one attached hydrogen (secondary N) is 1. The van der Waals surface area contributed by atoms with Gasteiger partial charge in [0.2, 0.25) is 21.8 Å². The van der Waals surface area contributed by atoms with E-state index in [1.807, 2.05) is 52.0 Å². The molecule has 1 atom stereocenters. The standard InChI is InChI=1S/C24H33N3O4S/c1-6-22(24(29)25-18(2)3)26(16-20-12-10-11-19(4)15-20)23(28)17-27(32(5,30)31)21-13-8-7-9-14-21/h7-15,18,22H,6,16-17H2,1-5H3,(H,25,29)/t22-/m0/s1. The largest absolute Gasteiger partial charge is 0.352 e. The number of hydrogen-bond donors (Lipinski definition) is 1. The molecule has 2 rings (SSSR count). The van der Waals surface area contributed by atoms with Gasteiger partial charge in [-0.3, -0.25) is 13.9 Å². The highest BCUT2D eigenvalue weighted by Gasteiger charge is 2.31. The van der Waals surface area contributed by atoms with Crippen LogP contribution in [-0.4, -0.2) is 50.0 Å².